The summed E-state index contributed by atoms with van der Waals surface area (Å²) in [7, 11) is 0. The number of carbonyl (C=O) groups is 1. The molecule has 0 unspecified atom stereocenters. The van der Waals surface area contributed by atoms with E-state index in [0.717, 1.165) is 5.56 Å². The molecule has 2 N–H and O–H groups in total. The predicted molar refractivity (Wildman–Crippen MR) is 66.6 cm³/mol. The number of nitrogens with one attached hydrogen (secondary N) is 1. The predicted octanol–water partition coefficient (Wildman–Crippen LogP) is 1.54. The lowest BCUT2D eigenvalue weighted by Gasteiger charge is -2.07. The highest BCUT2D eigenvalue weighted by Crippen LogP contribution is 2.12. The molecule has 6 nitrogen and oxygen atoms in total. The van der Waals surface area contributed by atoms with Crippen LogP contribution in [-0.4, -0.2) is 32.6 Å². The van der Waals surface area contributed by atoms with Crippen LogP contribution < -0.4 is 5.32 Å². The average molecular weight is 264 g/mol. The van der Waals surface area contributed by atoms with Crippen LogP contribution in [0.15, 0.2) is 24.4 Å². The molecule has 2 aromatic rings. The van der Waals surface area contributed by atoms with Gasteiger partial charge < -0.3 is 10.4 Å². The molecule has 0 spiro atoms. The molecule has 0 fully saturated rings. The van der Waals surface area contributed by atoms with Gasteiger partial charge in [-0.3, -0.25) is 0 Å². The largest absolute Gasteiger partial charge is 0.476 e. The Bertz CT molecular complexity index is 577. The number of hydrogen-bond donors (Lipinski definition) is 2. The molecule has 1 aromatic carbocycles. The second-order valence-electron chi connectivity index (χ2n) is 4.12. The normalized spacial score (nSPS) is 10.4. The highest BCUT2D eigenvalue weighted by molar-refractivity contribution is 5.84. The number of aromatic carboxylic acids is 1. The van der Waals surface area contributed by atoms with Crippen molar-refractivity contribution in [2.75, 3.05) is 11.9 Å². The molecule has 0 saturated carbocycles. The number of hydrogen-bond acceptors (Lipinski definition) is 4. The van der Waals surface area contributed by atoms with Crippen LogP contribution in [0.1, 0.15) is 16.1 Å². The Kier molecular flexibility index (Phi) is 3.74. The van der Waals surface area contributed by atoms with Gasteiger partial charge in [-0.1, -0.05) is 5.21 Å². The molecule has 7 heteroatoms. The fraction of sp³-hybridized carbons (Fsp3) is 0.250. The van der Waals surface area contributed by atoms with Crippen molar-refractivity contribution in [1.82, 2.24) is 15.0 Å². The van der Waals surface area contributed by atoms with Gasteiger partial charge in [-0.15, -0.1) is 5.10 Å². The zero-order valence-electron chi connectivity index (χ0n) is 10.3. The van der Waals surface area contributed by atoms with Crippen molar-refractivity contribution in [1.29, 1.82) is 0 Å². The summed E-state index contributed by atoms with van der Waals surface area (Å²) in [6.45, 7) is 2.74. The second-order valence-corrected chi connectivity index (χ2v) is 4.12. The molecule has 0 aliphatic carbocycles. The molecule has 0 bridgehead atoms. The van der Waals surface area contributed by atoms with E-state index in [2.05, 4.69) is 15.6 Å². The van der Waals surface area contributed by atoms with Gasteiger partial charge in [-0.25, -0.2) is 13.9 Å². The lowest BCUT2D eigenvalue weighted by atomic mass is 10.2. The Morgan fingerprint density at radius 1 is 1.47 bits per heavy atom. The molecule has 1 aromatic heterocycles. The molecule has 2 rings (SSSR count). The summed E-state index contributed by atoms with van der Waals surface area (Å²) in [4.78, 5) is 10.6. The van der Waals surface area contributed by atoms with Gasteiger partial charge in [0.25, 0.3) is 0 Å². The van der Waals surface area contributed by atoms with Gasteiger partial charge in [0.2, 0.25) is 0 Å². The summed E-state index contributed by atoms with van der Waals surface area (Å²) in [5.41, 5.74) is 1.41. The number of anilines is 1. The number of halogens is 1. The van der Waals surface area contributed by atoms with Gasteiger partial charge in [-0.05, 0) is 30.7 Å². The van der Waals surface area contributed by atoms with Crippen molar-refractivity contribution in [2.24, 2.45) is 0 Å². The van der Waals surface area contributed by atoms with Gasteiger partial charge in [0.05, 0.1) is 12.7 Å². The van der Waals surface area contributed by atoms with Crippen molar-refractivity contribution >= 4 is 11.7 Å². The summed E-state index contributed by atoms with van der Waals surface area (Å²) < 4.78 is 14.6. The van der Waals surface area contributed by atoms with Gasteiger partial charge in [-0.2, -0.15) is 0 Å². The lowest BCUT2D eigenvalue weighted by molar-refractivity contribution is 0.0690. The third kappa shape index (κ3) is 3.51. The minimum Gasteiger partial charge on any atom is -0.476 e. The molecule has 0 aliphatic heterocycles. The first kappa shape index (κ1) is 13.0. The minimum absolute atomic E-state index is 0.0957. The summed E-state index contributed by atoms with van der Waals surface area (Å²) >= 11 is 0. The van der Waals surface area contributed by atoms with Crippen LogP contribution in [0.25, 0.3) is 0 Å². The smallest absolute Gasteiger partial charge is 0.358 e. The zero-order valence-corrected chi connectivity index (χ0v) is 10.3. The third-order valence-electron chi connectivity index (χ3n) is 2.47. The molecule has 0 saturated heterocycles. The van der Waals surface area contributed by atoms with E-state index in [1.54, 1.807) is 0 Å². The molecule has 100 valence electrons. The maximum absolute atomic E-state index is 13.1. The van der Waals surface area contributed by atoms with E-state index in [-0.39, 0.29) is 11.5 Å². The Morgan fingerprint density at radius 2 is 2.26 bits per heavy atom. The molecule has 0 atom stereocenters. The Morgan fingerprint density at radius 3 is 2.89 bits per heavy atom. The minimum atomic E-state index is -1.11. The molecular weight excluding hydrogens is 251 g/mol. The monoisotopic (exact) mass is 264 g/mol. The second kappa shape index (κ2) is 5.47. The first-order valence-electron chi connectivity index (χ1n) is 5.69. The van der Waals surface area contributed by atoms with Crippen molar-refractivity contribution in [2.45, 2.75) is 13.5 Å². The fourth-order valence-corrected chi connectivity index (χ4v) is 1.66. The molecule has 0 aliphatic rings. The quantitative estimate of drug-likeness (QED) is 0.856. The number of carboxylic acids is 1. The Balaban J connectivity index is 1.90. The topological polar surface area (TPSA) is 80.0 Å². The van der Waals surface area contributed by atoms with Crippen LogP contribution in [0.5, 0.6) is 0 Å². The molecule has 0 amide bonds. The molecular formula is C12H13FN4O2. The van der Waals surface area contributed by atoms with E-state index in [9.17, 15) is 9.18 Å². The summed E-state index contributed by atoms with van der Waals surface area (Å²) in [5, 5.41) is 18.9. The van der Waals surface area contributed by atoms with Crippen LogP contribution in [0, 0.1) is 12.7 Å². The lowest BCUT2D eigenvalue weighted by Crippen LogP contribution is -2.11. The van der Waals surface area contributed by atoms with E-state index in [1.165, 1.54) is 23.0 Å². The standard InChI is InChI=1S/C12H13FN4O2/c1-8-4-9(13)6-10(5-8)14-2-3-17-7-11(12(18)19)15-16-17/h4-7,14H,2-3H2,1H3,(H,18,19). The highest BCUT2D eigenvalue weighted by atomic mass is 19.1. The Labute approximate surface area is 108 Å². The van der Waals surface area contributed by atoms with Crippen LogP contribution >= 0.6 is 0 Å². The van der Waals surface area contributed by atoms with Gasteiger partial charge in [0.1, 0.15) is 5.82 Å². The fourth-order valence-electron chi connectivity index (χ4n) is 1.66. The van der Waals surface area contributed by atoms with E-state index < -0.39 is 5.97 Å². The van der Waals surface area contributed by atoms with Crippen LogP contribution in [0.2, 0.25) is 0 Å². The van der Waals surface area contributed by atoms with Gasteiger partial charge in [0.15, 0.2) is 5.69 Å². The molecule has 1 heterocycles. The Hall–Kier alpha value is -2.44. The van der Waals surface area contributed by atoms with Crippen molar-refractivity contribution in [3.05, 3.63) is 41.5 Å². The third-order valence-corrected chi connectivity index (χ3v) is 2.47. The van der Waals surface area contributed by atoms with Gasteiger partial charge in [0, 0.05) is 12.2 Å². The summed E-state index contributed by atoms with van der Waals surface area (Å²) in [6, 6.07) is 4.67. The number of aromatic nitrogens is 3. The first-order valence-corrected chi connectivity index (χ1v) is 5.69. The number of aryl methyl sites for hydroxylation is 1. The van der Waals surface area contributed by atoms with Crippen LogP contribution in [-0.2, 0) is 6.54 Å². The maximum Gasteiger partial charge on any atom is 0.358 e. The van der Waals surface area contributed by atoms with E-state index in [1.807, 2.05) is 13.0 Å². The van der Waals surface area contributed by atoms with E-state index in [4.69, 9.17) is 5.11 Å². The number of nitrogens with zero attached hydrogens (tertiary/aromatic N) is 3. The first-order chi connectivity index (χ1) is 9.04. The molecule has 19 heavy (non-hydrogen) atoms. The zero-order chi connectivity index (χ0) is 13.8. The van der Waals surface area contributed by atoms with Gasteiger partial charge >= 0.3 is 5.97 Å². The average Bonchev–Trinajstić information content (AvgIpc) is 2.76. The van der Waals surface area contributed by atoms with E-state index >= 15 is 0 Å². The van der Waals surface area contributed by atoms with Crippen molar-refractivity contribution in [3.8, 4) is 0 Å². The van der Waals surface area contributed by atoms with E-state index in [0.29, 0.717) is 18.8 Å². The summed E-state index contributed by atoms with van der Waals surface area (Å²) in [6.07, 6.45) is 1.35. The molecule has 0 radical (unpaired) electrons. The van der Waals surface area contributed by atoms with Crippen LogP contribution in [0.4, 0.5) is 10.1 Å². The number of benzene rings is 1. The van der Waals surface area contributed by atoms with Crippen molar-refractivity contribution < 1.29 is 14.3 Å². The number of carboxylic acid groups (broad SMARTS) is 1. The SMILES string of the molecule is Cc1cc(F)cc(NCCn2cc(C(=O)O)nn2)c1. The summed E-state index contributed by atoms with van der Waals surface area (Å²) in [5.74, 6) is -1.41. The number of rotatable bonds is 5. The van der Waals surface area contributed by atoms with Crippen molar-refractivity contribution in [3.63, 3.8) is 0 Å². The highest BCUT2D eigenvalue weighted by Gasteiger charge is 2.07. The maximum atomic E-state index is 13.1. The van der Waals surface area contributed by atoms with Crippen LogP contribution in [0.3, 0.4) is 0 Å².